The number of nitrogens with zero attached hydrogens (tertiary/aromatic N) is 2. The van der Waals surface area contributed by atoms with Crippen molar-refractivity contribution < 1.29 is 34.6 Å². The van der Waals surface area contributed by atoms with Gasteiger partial charge in [-0.15, -0.1) is 0 Å². The molecule has 0 spiro atoms. The molecular weight excluding hydrogens is 508 g/mol. The molecule has 3 rings (SSSR count). The lowest BCUT2D eigenvalue weighted by Gasteiger charge is -2.37. The molecule has 1 fully saturated rings. The largest absolute Gasteiger partial charge is 0.507 e. The van der Waals surface area contributed by atoms with Crippen molar-refractivity contribution in [2.24, 2.45) is 23.7 Å². The number of phenolic OH excluding ortho intramolecular Hbond substituents is 2. The van der Waals surface area contributed by atoms with Gasteiger partial charge in [-0.05, 0) is 11.8 Å². The Labute approximate surface area is 238 Å². The van der Waals surface area contributed by atoms with E-state index in [-0.39, 0.29) is 40.4 Å². The highest BCUT2D eigenvalue weighted by atomic mass is 16.3. The Hall–Kier alpha value is -3.13. The summed E-state index contributed by atoms with van der Waals surface area (Å²) in [5.41, 5.74) is 0.886. The Bertz CT molecular complexity index is 1190. The van der Waals surface area contributed by atoms with Gasteiger partial charge in [-0.2, -0.15) is 0 Å². The van der Waals surface area contributed by atoms with Crippen LogP contribution in [0.1, 0.15) is 73.3 Å². The summed E-state index contributed by atoms with van der Waals surface area (Å²) in [6, 6.07) is 3.01. The second-order valence-electron chi connectivity index (χ2n) is 13.0. The first-order valence-corrected chi connectivity index (χ1v) is 14.4. The van der Waals surface area contributed by atoms with Crippen molar-refractivity contribution in [2.45, 2.75) is 73.8 Å². The van der Waals surface area contributed by atoms with Gasteiger partial charge in [0.1, 0.15) is 30.3 Å². The van der Waals surface area contributed by atoms with Crippen molar-refractivity contribution in [3.05, 3.63) is 40.7 Å². The molecule has 40 heavy (non-hydrogen) atoms. The van der Waals surface area contributed by atoms with Gasteiger partial charge in [0.25, 0.3) is 0 Å². The van der Waals surface area contributed by atoms with Crippen molar-refractivity contribution in [2.75, 3.05) is 31.1 Å². The molecule has 0 bridgehead atoms. The SMILES string of the molecule is CC(C)CN(CC(C)C)c1cc(O)c(C2C(=O)/C(=C3/C(=O)CC(=[N+](CC(C)C)CC(C)C)C=C3O)C2O)c(O)c1. The molecule has 2 unspecified atom stereocenters. The van der Waals surface area contributed by atoms with E-state index in [4.69, 9.17) is 0 Å². The molecule has 0 heterocycles. The molecule has 2 aliphatic rings. The number of hydrogen-bond acceptors (Lipinski definition) is 7. The van der Waals surface area contributed by atoms with Crippen LogP contribution in [0.15, 0.2) is 35.1 Å². The number of Topliss-reactive ketones (excluding diaryl/α,β-unsaturated/α-hetero) is 2. The molecule has 0 aliphatic heterocycles. The maximum Gasteiger partial charge on any atom is 0.187 e. The van der Waals surface area contributed by atoms with E-state index < -0.39 is 23.6 Å². The number of aliphatic hydroxyl groups excluding tert-OH is 2. The van der Waals surface area contributed by atoms with Crippen LogP contribution in [0.4, 0.5) is 5.69 Å². The number of ketones is 2. The van der Waals surface area contributed by atoms with Gasteiger partial charge in [0.05, 0.1) is 24.0 Å². The number of hydrogen-bond donors (Lipinski definition) is 4. The fourth-order valence-corrected chi connectivity index (χ4v) is 5.72. The van der Waals surface area contributed by atoms with Crippen LogP contribution >= 0.6 is 0 Å². The van der Waals surface area contributed by atoms with Crippen LogP contribution < -0.4 is 4.90 Å². The number of carbonyl (C=O) groups is 2. The fraction of sp³-hybridized carbons (Fsp3) is 0.594. The summed E-state index contributed by atoms with van der Waals surface area (Å²) >= 11 is 0. The fourth-order valence-electron chi connectivity index (χ4n) is 5.72. The van der Waals surface area contributed by atoms with Gasteiger partial charge in [-0.1, -0.05) is 55.4 Å². The van der Waals surface area contributed by atoms with E-state index in [2.05, 4.69) is 64.9 Å². The quantitative estimate of drug-likeness (QED) is 0.243. The maximum absolute atomic E-state index is 13.3. The lowest BCUT2D eigenvalue weighted by molar-refractivity contribution is -0.539. The average Bonchev–Trinajstić information content (AvgIpc) is 2.81. The molecule has 2 atom stereocenters. The molecule has 0 saturated heterocycles. The molecule has 1 saturated carbocycles. The number of aromatic hydroxyl groups is 2. The number of phenols is 2. The normalized spacial score (nSPS) is 21.5. The van der Waals surface area contributed by atoms with Gasteiger partial charge in [0.2, 0.25) is 0 Å². The Morgan fingerprint density at radius 3 is 1.75 bits per heavy atom. The standard InChI is InChI=1S/C32H46N2O6/c1-17(2)13-33(14-18(3)4)21-9-23(35)27(24(36)10-21)29-31(39)30(32(29)40)28-25(37)11-22(12-26(28)38)34(15-19(5)6)16-20(7)8/h9-11,17-20,29,31,35-36,39H,12-16H2,1-8H3/p+1/b30-28+. The number of benzene rings is 1. The zero-order valence-corrected chi connectivity index (χ0v) is 25.2. The number of anilines is 1. The molecule has 1 aromatic carbocycles. The number of rotatable bonds is 10. The molecule has 2 aliphatic carbocycles. The maximum atomic E-state index is 13.3. The van der Waals surface area contributed by atoms with E-state index in [1.54, 1.807) is 0 Å². The lowest BCUT2D eigenvalue weighted by Crippen LogP contribution is -2.45. The van der Waals surface area contributed by atoms with E-state index in [1.807, 2.05) is 0 Å². The van der Waals surface area contributed by atoms with E-state index in [9.17, 15) is 30.0 Å². The predicted molar refractivity (Wildman–Crippen MR) is 157 cm³/mol. The predicted octanol–water partition coefficient (Wildman–Crippen LogP) is 4.72. The van der Waals surface area contributed by atoms with Crippen molar-refractivity contribution in [1.29, 1.82) is 0 Å². The topological polar surface area (TPSA) is 121 Å². The third-order valence-corrected chi connectivity index (χ3v) is 7.15. The second kappa shape index (κ2) is 12.6. The van der Waals surface area contributed by atoms with E-state index in [0.717, 1.165) is 26.2 Å². The van der Waals surface area contributed by atoms with Crippen LogP contribution in [0.2, 0.25) is 0 Å². The summed E-state index contributed by atoms with van der Waals surface area (Å²) in [4.78, 5) is 28.6. The first kappa shape index (κ1) is 31.4. The molecule has 0 aromatic heterocycles. The average molecular weight is 556 g/mol. The van der Waals surface area contributed by atoms with E-state index in [1.165, 1.54) is 18.2 Å². The third-order valence-electron chi connectivity index (χ3n) is 7.15. The molecule has 0 radical (unpaired) electrons. The van der Waals surface area contributed by atoms with Crippen molar-refractivity contribution in [1.82, 2.24) is 0 Å². The summed E-state index contributed by atoms with van der Waals surface area (Å²) in [6.07, 6.45) is 0.0830. The van der Waals surface area contributed by atoms with Crippen LogP contribution in [0.25, 0.3) is 0 Å². The summed E-state index contributed by atoms with van der Waals surface area (Å²) in [5, 5.41) is 43.7. The smallest absolute Gasteiger partial charge is 0.187 e. The minimum atomic E-state index is -1.45. The van der Waals surface area contributed by atoms with Crippen molar-refractivity contribution >= 4 is 23.0 Å². The summed E-state index contributed by atoms with van der Waals surface area (Å²) < 4.78 is 2.09. The Morgan fingerprint density at radius 2 is 1.35 bits per heavy atom. The van der Waals surface area contributed by atoms with Crippen LogP contribution in [0.5, 0.6) is 11.5 Å². The molecule has 220 valence electrons. The van der Waals surface area contributed by atoms with E-state index >= 15 is 0 Å². The van der Waals surface area contributed by atoms with Crippen LogP contribution in [-0.4, -0.2) is 74.6 Å². The highest BCUT2D eigenvalue weighted by Crippen LogP contribution is 2.49. The first-order chi connectivity index (χ1) is 18.6. The summed E-state index contributed by atoms with van der Waals surface area (Å²) in [6.45, 7) is 19.6. The van der Waals surface area contributed by atoms with Crippen LogP contribution in [0, 0.1) is 23.7 Å². The Balaban J connectivity index is 1.97. The third kappa shape index (κ3) is 6.77. The second-order valence-corrected chi connectivity index (χ2v) is 13.0. The van der Waals surface area contributed by atoms with Crippen molar-refractivity contribution in [3.63, 3.8) is 0 Å². The monoisotopic (exact) mass is 555 g/mol. The summed E-state index contributed by atoms with van der Waals surface area (Å²) in [5.74, 6) is -1.80. The highest BCUT2D eigenvalue weighted by molar-refractivity contribution is 6.23. The molecule has 1 aromatic rings. The van der Waals surface area contributed by atoms with Crippen molar-refractivity contribution in [3.8, 4) is 11.5 Å². The molecule has 4 N–H and O–H groups in total. The number of allylic oxidation sites excluding steroid dienone is 2. The van der Waals surface area contributed by atoms with Gasteiger partial charge in [0.15, 0.2) is 17.3 Å². The van der Waals surface area contributed by atoms with Gasteiger partial charge >= 0.3 is 0 Å². The van der Waals surface area contributed by atoms with Crippen LogP contribution in [-0.2, 0) is 9.59 Å². The van der Waals surface area contributed by atoms with Gasteiger partial charge in [0, 0.05) is 60.0 Å². The number of aliphatic hydroxyl groups is 2. The van der Waals surface area contributed by atoms with Gasteiger partial charge < -0.3 is 25.3 Å². The molecular formula is C32H47N2O6+. The molecule has 0 amide bonds. The Kier molecular flexibility index (Phi) is 9.88. The van der Waals surface area contributed by atoms with Gasteiger partial charge in [-0.3, -0.25) is 9.59 Å². The molecule has 8 heteroatoms. The zero-order chi connectivity index (χ0) is 30.0. The molecule has 8 nitrogen and oxygen atoms in total. The number of carbonyl (C=O) groups excluding carboxylic acids is 2. The van der Waals surface area contributed by atoms with Gasteiger partial charge in [-0.25, -0.2) is 4.58 Å². The van der Waals surface area contributed by atoms with Crippen LogP contribution in [0.3, 0.4) is 0 Å². The zero-order valence-electron chi connectivity index (χ0n) is 25.2. The minimum Gasteiger partial charge on any atom is -0.507 e. The highest BCUT2D eigenvalue weighted by Gasteiger charge is 2.51. The lowest BCUT2D eigenvalue weighted by atomic mass is 9.67. The Morgan fingerprint density at radius 1 is 0.850 bits per heavy atom. The summed E-state index contributed by atoms with van der Waals surface area (Å²) in [7, 11) is 0. The first-order valence-electron chi connectivity index (χ1n) is 14.4. The minimum absolute atomic E-state index is 0.0136. The van der Waals surface area contributed by atoms with E-state index in [0.29, 0.717) is 35.1 Å².